The summed E-state index contributed by atoms with van der Waals surface area (Å²) in [4.78, 5) is 0. The average Bonchev–Trinajstić information content (AvgIpc) is 1.69. The molecule has 6 heteroatoms. The van der Waals surface area contributed by atoms with Crippen molar-refractivity contribution in [3.63, 3.8) is 0 Å². The normalized spacial score (nSPS) is 7.33. The second-order valence-electron chi connectivity index (χ2n) is 1.17. The fraction of sp³-hybridized carbons (Fsp3) is 1.00. The zero-order valence-corrected chi connectivity index (χ0v) is 6.47. The molecule has 0 aromatic heterocycles. The average molecular weight is 179 g/mol. The van der Waals surface area contributed by atoms with E-state index in [1.54, 1.807) is 0 Å². The third-order valence-corrected chi connectivity index (χ3v) is 0.577. The second kappa shape index (κ2) is 15.8. The highest BCUT2D eigenvalue weighted by molar-refractivity contribution is 5.85. The van der Waals surface area contributed by atoms with Crippen LogP contribution in [0.5, 0.6) is 0 Å². The molecular weight excluding hydrogens is 167 g/mol. The van der Waals surface area contributed by atoms with Crippen molar-refractivity contribution in [3.05, 3.63) is 0 Å². The number of hydroxylamine groups is 2. The highest BCUT2D eigenvalue weighted by Crippen LogP contribution is 1.66. The van der Waals surface area contributed by atoms with Crippen LogP contribution in [0.4, 0.5) is 0 Å². The Labute approximate surface area is 66.4 Å². The fourth-order valence-electron chi connectivity index (χ4n) is 0.247. The molecule has 4 nitrogen and oxygen atoms in total. The third-order valence-electron chi connectivity index (χ3n) is 0.577. The van der Waals surface area contributed by atoms with Crippen molar-refractivity contribution in [3.8, 4) is 0 Å². The molecule has 0 aliphatic heterocycles. The summed E-state index contributed by atoms with van der Waals surface area (Å²) in [5, 5.41) is 15.9. The molecule has 0 unspecified atom stereocenters. The van der Waals surface area contributed by atoms with E-state index in [4.69, 9.17) is 10.4 Å². The van der Waals surface area contributed by atoms with Gasteiger partial charge in [0.25, 0.3) is 0 Å². The Morgan fingerprint density at radius 1 is 0.889 bits per heavy atom. The van der Waals surface area contributed by atoms with E-state index in [9.17, 15) is 0 Å². The smallest absolute Gasteiger partial charge is 0.0220 e. The first-order chi connectivity index (χ1) is 3.41. The van der Waals surface area contributed by atoms with E-state index in [1.165, 1.54) is 0 Å². The van der Waals surface area contributed by atoms with Crippen molar-refractivity contribution >= 4 is 24.8 Å². The molecule has 0 rings (SSSR count). The first-order valence-electron chi connectivity index (χ1n) is 2.15. The number of hydrogen-bond donors (Lipinski definition) is 4. The van der Waals surface area contributed by atoms with Gasteiger partial charge in [-0.3, -0.25) is 0 Å². The summed E-state index contributed by atoms with van der Waals surface area (Å²) in [5.74, 6) is 0. The van der Waals surface area contributed by atoms with Gasteiger partial charge < -0.3 is 10.4 Å². The Balaban J connectivity index is -0.000000180. The Morgan fingerprint density at radius 2 is 1.22 bits per heavy atom. The number of nitrogens with one attached hydrogen (secondary N) is 2. The summed E-state index contributed by atoms with van der Waals surface area (Å²) in [6.45, 7) is 1.02. The monoisotopic (exact) mass is 178 g/mol. The quantitative estimate of drug-likeness (QED) is 0.367. The molecule has 0 bridgehead atoms. The van der Waals surface area contributed by atoms with Gasteiger partial charge in [-0.25, -0.2) is 11.0 Å². The topological polar surface area (TPSA) is 64.5 Å². The minimum Gasteiger partial charge on any atom is -0.317 e. The van der Waals surface area contributed by atoms with Crippen LogP contribution in [0.3, 0.4) is 0 Å². The standard InChI is InChI=1S/C3H10N2O2.2ClH/c6-4-2-1-3-5-7;;/h4-7H,1-3H2;2*1H. The van der Waals surface area contributed by atoms with Crippen LogP contribution in [0.15, 0.2) is 0 Å². The van der Waals surface area contributed by atoms with Crippen LogP contribution in [0.2, 0.25) is 0 Å². The fourth-order valence-corrected chi connectivity index (χ4v) is 0.247. The number of rotatable bonds is 4. The van der Waals surface area contributed by atoms with Crippen molar-refractivity contribution in [2.24, 2.45) is 0 Å². The van der Waals surface area contributed by atoms with Gasteiger partial charge in [0.05, 0.1) is 0 Å². The van der Waals surface area contributed by atoms with E-state index >= 15 is 0 Å². The van der Waals surface area contributed by atoms with Gasteiger partial charge in [0.2, 0.25) is 0 Å². The lowest BCUT2D eigenvalue weighted by Crippen LogP contribution is -2.16. The Bertz CT molecular complexity index is 37.0. The maximum Gasteiger partial charge on any atom is 0.0220 e. The van der Waals surface area contributed by atoms with Gasteiger partial charge in [0.1, 0.15) is 0 Å². The van der Waals surface area contributed by atoms with Crippen molar-refractivity contribution in [2.45, 2.75) is 6.42 Å². The van der Waals surface area contributed by atoms with E-state index in [-0.39, 0.29) is 24.8 Å². The molecule has 0 aromatic rings. The first kappa shape index (κ1) is 16.2. The lowest BCUT2D eigenvalue weighted by Gasteiger charge is -1.93. The molecule has 0 amide bonds. The van der Waals surface area contributed by atoms with Crippen LogP contribution < -0.4 is 11.0 Å². The Kier molecular flexibility index (Phi) is 28.4. The molecule has 4 N–H and O–H groups in total. The molecule has 0 spiro atoms. The molecule has 60 valence electrons. The van der Waals surface area contributed by atoms with E-state index < -0.39 is 0 Å². The van der Waals surface area contributed by atoms with E-state index in [2.05, 4.69) is 0 Å². The van der Waals surface area contributed by atoms with Gasteiger partial charge in [-0.2, -0.15) is 0 Å². The first-order valence-corrected chi connectivity index (χ1v) is 2.15. The van der Waals surface area contributed by atoms with Crippen LogP contribution in [0.1, 0.15) is 6.42 Å². The molecule has 0 atom stereocenters. The van der Waals surface area contributed by atoms with Crippen molar-refractivity contribution in [2.75, 3.05) is 13.1 Å². The number of halogens is 2. The van der Waals surface area contributed by atoms with Gasteiger partial charge in [-0.05, 0) is 6.42 Å². The molecule has 0 saturated carbocycles. The van der Waals surface area contributed by atoms with Gasteiger partial charge >= 0.3 is 0 Å². The summed E-state index contributed by atoms with van der Waals surface area (Å²) in [5.41, 5.74) is 3.90. The molecule has 0 fully saturated rings. The van der Waals surface area contributed by atoms with E-state index in [0.29, 0.717) is 19.5 Å². The Morgan fingerprint density at radius 3 is 1.44 bits per heavy atom. The molecule has 0 aliphatic carbocycles. The van der Waals surface area contributed by atoms with E-state index in [1.807, 2.05) is 11.0 Å². The van der Waals surface area contributed by atoms with Gasteiger partial charge in [-0.15, -0.1) is 24.8 Å². The minimum atomic E-state index is 0. The SMILES string of the molecule is Cl.Cl.ONCCCNO. The molecule has 0 aromatic carbocycles. The predicted molar refractivity (Wildman–Crippen MR) is 38.7 cm³/mol. The molecular formula is C3H12Cl2N2O2. The van der Waals surface area contributed by atoms with Gasteiger partial charge in [0, 0.05) is 13.1 Å². The molecule has 0 radical (unpaired) electrons. The summed E-state index contributed by atoms with van der Waals surface area (Å²) in [6, 6.07) is 0. The largest absolute Gasteiger partial charge is 0.317 e. The number of hydrogen-bond acceptors (Lipinski definition) is 4. The minimum absolute atomic E-state index is 0. The van der Waals surface area contributed by atoms with Gasteiger partial charge in [0.15, 0.2) is 0 Å². The predicted octanol–water partition coefficient (Wildman–Crippen LogP) is 0.178. The van der Waals surface area contributed by atoms with Gasteiger partial charge in [-0.1, -0.05) is 0 Å². The highest BCUT2D eigenvalue weighted by atomic mass is 35.5. The maximum absolute atomic E-state index is 7.93. The molecule has 0 saturated heterocycles. The van der Waals surface area contributed by atoms with Crippen molar-refractivity contribution in [1.82, 2.24) is 11.0 Å². The third kappa shape index (κ3) is 17.8. The Hall–Kier alpha value is 0.420. The van der Waals surface area contributed by atoms with Crippen molar-refractivity contribution < 1.29 is 10.4 Å². The summed E-state index contributed by atoms with van der Waals surface area (Å²) in [7, 11) is 0. The van der Waals surface area contributed by atoms with Crippen LogP contribution in [-0.4, -0.2) is 23.5 Å². The summed E-state index contributed by atoms with van der Waals surface area (Å²) in [6.07, 6.45) is 0.715. The summed E-state index contributed by atoms with van der Waals surface area (Å²) >= 11 is 0. The van der Waals surface area contributed by atoms with E-state index in [0.717, 1.165) is 0 Å². The zero-order chi connectivity index (χ0) is 5.54. The van der Waals surface area contributed by atoms with Crippen LogP contribution >= 0.6 is 24.8 Å². The highest BCUT2D eigenvalue weighted by Gasteiger charge is 1.79. The molecule has 0 aliphatic rings. The van der Waals surface area contributed by atoms with Crippen molar-refractivity contribution in [1.29, 1.82) is 0 Å². The molecule has 0 heterocycles. The lowest BCUT2D eigenvalue weighted by atomic mass is 10.4. The summed E-state index contributed by atoms with van der Waals surface area (Å²) < 4.78 is 0. The molecule has 9 heavy (non-hydrogen) atoms. The van der Waals surface area contributed by atoms with Crippen LogP contribution in [0, 0.1) is 0 Å². The maximum atomic E-state index is 7.93. The second-order valence-corrected chi connectivity index (χ2v) is 1.17. The lowest BCUT2D eigenvalue weighted by molar-refractivity contribution is 0.142. The van der Waals surface area contributed by atoms with Crippen LogP contribution in [0.25, 0.3) is 0 Å². The van der Waals surface area contributed by atoms with Crippen LogP contribution in [-0.2, 0) is 0 Å². The zero-order valence-electron chi connectivity index (χ0n) is 4.83.